The summed E-state index contributed by atoms with van der Waals surface area (Å²) in [5.41, 5.74) is 3.30. The Morgan fingerprint density at radius 2 is 1.86 bits per heavy atom. The third-order valence-corrected chi connectivity index (χ3v) is 5.07. The van der Waals surface area contributed by atoms with Gasteiger partial charge in [-0.2, -0.15) is 5.10 Å². The maximum atomic E-state index is 5.46. The van der Waals surface area contributed by atoms with Crippen molar-refractivity contribution in [2.24, 2.45) is 0 Å². The Labute approximate surface area is 125 Å². The molecular formula is C16H24N4O. The highest BCUT2D eigenvalue weighted by atomic mass is 16.5. The molecule has 5 nitrogen and oxygen atoms in total. The first-order chi connectivity index (χ1) is 10.3. The number of ether oxygens (including phenoxy) is 1. The van der Waals surface area contributed by atoms with Crippen molar-refractivity contribution in [1.29, 1.82) is 0 Å². The maximum Gasteiger partial charge on any atom is 0.176 e. The molecule has 1 saturated heterocycles. The number of aryl methyl sites for hydroxylation is 1. The van der Waals surface area contributed by atoms with Crippen LogP contribution in [0, 0.1) is 6.92 Å². The van der Waals surface area contributed by atoms with Gasteiger partial charge in [0.1, 0.15) is 11.3 Å². The molecule has 0 radical (unpaired) electrons. The Morgan fingerprint density at radius 3 is 2.62 bits per heavy atom. The minimum Gasteiger partial charge on any atom is -0.381 e. The number of imidazole rings is 1. The summed E-state index contributed by atoms with van der Waals surface area (Å²) in [6.45, 7) is 3.80. The van der Waals surface area contributed by atoms with Gasteiger partial charge in [-0.1, -0.05) is 19.3 Å². The van der Waals surface area contributed by atoms with Crippen molar-refractivity contribution in [2.45, 2.75) is 63.8 Å². The highest BCUT2D eigenvalue weighted by Gasteiger charge is 2.25. The fourth-order valence-electron chi connectivity index (χ4n) is 3.80. The van der Waals surface area contributed by atoms with Crippen LogP contribution in [0.2, 0.25) is 0 Å². The molecule has 1 aliphatic heterocycles. The van der Waals surface area contributed by atoms with Gasteiger partial charge in [0.25, 0.3) is 0 Å². The molecule has 114 valence electrons. The van der Waals surface area contributed by atoms with E-state index in [1.54, 1.807) is 0 Å². The first kappa shape index (κ1) is 13.3. The standard InChI is InChI=1S/C16H24N4O/c1-11-14-16(20(19-11)13-5-3-2-4-6-13)18-15(17-14)12-7-9-21-10-8-12/h12-13H,2-10H2,1H3,(H,17,18). The quantitative estimate of drug-likeness (QED) is 0.920. The van der Waals surface area contributed by atoms with Gasteiger partial charge in [0.15, 0.2) is 5.65 Å². The first-order valence-corrected chi connectivity index (χ1v) is 8.35. The van der Waals surface area contributed by atoms with Gasteiger partial charge in [-0.15, -0.1) is 0 Å². The molecular weight excluding hydrogens is 264 g/mol. The molecule has 1 N–H and O–H groups in total. The van der Waals surface area contributed by atoms with Crippen LogP contribution in [0.5, 0.6) is 0 Å². The molecule has 0 spiro atoms. The van der Waals surface area contributed by atoms with Crippen LogP contribution < -0.4 is 0 Å². The molecule has 0 aromatic carbocycles. The largest absolute Gasteiger partial charge is 0.381 e. The van der Waals surface area contributed by atoms with Gasteiger partial charge < -0.3 is 9.72 Å². The summed E-state index contributed by atoms with van der Waals surface area (Å²) in [7, 11) is 0. The Bertz CT molecular complexity index is 618. The van der Waals surface area contributed by atoms with Gasteiger partial charge in [-0.25, -0.2) is 9.67 Å². The number of nitrogens with one attached hydrogen (secondary N) is 1. The van der Waals surface area contributed by atoms with Gasteiger partial charge in [-0.3, -0.25) is 0 Å². The molecule has 4 rings (SSSR count). The minimum atomic E-state index is 0.519. The van der Waals surface area contributed by atoms with Crippen molar-refractivity contribution in [2.75, 3.05) is 13.2 Å². The molecule has 0 amide bonds. The van der Waals surface area contributed by atoms with E-state index in [-0.39, 0.29) is 0 Å². The number of rotatable bonds is 2. The lowest BCUT2D eigenvalue weighted by Crippen LogP contribution is -2.16. The molecule has 2 fully saturated rings. The molecule has 2 aromatic rings. The zero-order valence-corrected chi connectivity index (χ0v) is 12.8. The molecule has 21 heavy (non-hydrogen) atoms. The Balaban J connectivity index is 1.69. The number of H-pyrrole nitrogens is 1. The average molecular weight is 288 g/mol. The number of nitrogens with zero attached hydrogens (tertiary/aromatic N) is 3. The van der Waals surface area contributed by atoms with Gasteiger partial charge in [0.05, 0.1) is 11.7 Å². The van der Waals surface area contributed by atoms with E-state index in [0.29, 0.717) is 12.0 Å². The third kappa shape index (κ3) is 2.37. The summed E-state index contributed by atoms with van der Waals surface area (Å²) in [6.07, 6.45) is 8.65. The molecule has 1 aliphatic carbocycles. The summed E-state index contributed by atoms with van der Waals surface area (Å²) < 4.78 is 7.66. The highest BCUT2D eigenvalue weighted by molar-refractivity contribution is 5.74. The average Bonchev–Trinajstić information content (AvgIpc) is 3.10. The third-order valence-electron chi connectivity index (χ3n) is 5.07. The second kappa shape index (κ2) is 5.44. The van der Waals surface area contributed by atoms with E-state index in [1.807, 2.05) is 0 Å². The summed E-state index contributed by atoms with van der Waals surface area (Å²) in [4.78, 5) is 8.46. The minimum absolute atomic E-state index is 0.519. The van der Waals surface area contributed by atoms with Crippen LogP contribution in [0.25, 0.3) is 11.2 Å². The molecule has 3 heterocycles. The lowest BCUT2D eigenvalue weighted by Gasteiger charge is -2.22. The van der Waals surface area contributed by atoms with Crippen LogP contribution in [0.15, 0.2) is 0 Å². The molecule has 0 bridgehead atoms. The van der Waals surface area contributed by atoms with Gasteiger partial charge in [0, 0.05) is 19.1 Å². The lowest BCUT2D eigenvalue weighted by molar-refractivity contribution is 0.0838. The van der Waals surface area contributed by atoms with Gasteiger partial charge in [0.2, 0.25) is 0 Å². The zero-order valence-electron chi connectivity index (χ0n) is 12.8. The molecule has 1 saturated carbocycles. The van der Waals surface area contributed by atoms with E-state index in [0.717, 1.165) is 48.7 Å². The smallest absolute Gasteiger partial charge is 0.176 e. The van der Waals surface area contributed by atoms with Crippen LogP contribution in [-0.2, 0) is 4.74 Å². The van der Waals surface area contributed by atoms with Crippen molar-refractivity contribution in [3.63, 3.8) is 0 Å². The van der Waals surface area contributed by atoms with Crippen LogP contribution in [0.4, 0.5) is 0 Å². The van der Waals surface area contributed by atoms with Crippen LogP contribution in [0.1, 0.15) is 68.4 Å². The normalized spacial score (nSPS) is 22.1. The van der Waals surface area contributed by atoms with E-state index in [2.05, 4.69) is 16.6 Å². The van der Waals surface area contributed by atoms with E-state index in [4.69, 9.17) is 14.8 Å². The number of fused-ring (bicyclic) bond motifs is 1. The van der Waals surface area contributed by atoms with Crippen LogP contribution >= 0.6 is 0 Å². The second-order valence-corrected chi connectivity index (χ2v) is 6.53. The highest BCUT2D eigenvalue weighted by Crippen LogP contribution is 2.32. The van der Waals surface area contributed by atoms with E-state index in [1.165, 1.54) is 32.1 Å². The summed E-state index contributed by atoms with van der Waals surface area (Å²) in [5.74, 6) is 1.66. The Kier molecular flexibility index (Phi) is 3.45. The topological polar surface area (TPSA) is 55.7 Å². The second-order valence-electron chi connectivity index (χ2n) is 6.53. The van der Waals surface area contributed by atoms with Crippen LogP contribution in [0.3, 0.4) is 0 Å². The lowest BCUT2D eigenvalue weighted by atomic mass is 9.96. The zero-order chi connectivity index (χ0) is 14.2. The van der Waals surface area contributed by atoms with Crippen molar-refractivity contribution in [1.82, 2.24) is 19.7 Å². The molecule has 2 aromatic heterocycles. The Hall–Kier alpha value is -1.36. The number of aromatic amines is 1. The summed E-state index contributed by atoms with van der Waals surface area (Å²) in [6, 6.07) is 0.542. The molecule has 0 atom stereocenters. The SMILES string of the molecule is Cc1nn(C2CCCCC2)c2nc(C3CCOCC3)[nH]c12. The van der Waals surface area contributed by atoms with Crippen molar-refractivity contribution in [3.8, 4) is 0 Å². The Morgan fingerprint density at radius 1 is 1.10 bits per heavy atom. The molecule has 0 unspecified atom stereocenters. The van der Waals surface area contributed by atoms with Crippen molar-refractivity contribution in [3.05, 3.63) is 11.5 Å². The molecule has 2 aliphatic rings. The van der Waals surface area contributed by atoms with Gasteiger partial charge in [-0.05, 0) is 32.6 Å². The van der Waals surface area contributed by atoms with Gasteiger partial charge >= 0.3 is 0 Å². The predicted molar refractivity (Wildman–Crippen MR) is 81.5 cm³/mol. The van der Waals surface area contributed by atoms with E-state index < -0.39 is 0 Å². The maximum absolute atomic E-state index is 5.46. The summed E-state index contributed by atoms with van der Waals surface area (Å²) in [5, 5.41) is 4.76. The number of hydrogen-bond donors (Lipinski definition) is 1. The fourth-order valence-corrected chi connectivity index (χ4v) is 3.80. The monoisotopic (exact) mass is 288 g/mol. The van der Waals surface area contributed by atoms with E-state index in [9.17, 15) is 0 Å². The fraction of sp³-hybridized carbons (Fsp3) is 0.750. The van der Waals surface area contributed by atoms with E-state index >= 15 is 0 Å². The number of hydrogen-bond acceptors (Lipinski definition) is 3. The predicted octanol–water partition coefficient (Wildman–Crippen LogP) is 3.47. The van der Waals surface area contributed by atoms with Crippen molar-refractivity contribution < 1.29 is 4.74 Å². The first-order valence-electron chi connectivity index (χ1n) is 8.35. The van der Waals surface area contributed by atoms with Crippen molar-refractivity contribution >= 4 is 11.2 Å². The number of aromatic nitrogens is 4. The summed E-state index contributed by atoms with van der Waals surface area (Å²) >= 11 is 0. The molecule has 5 heteroatoms. The van der Waals surface area contributed by atoms with Crippen LogP contribution in [-0.4, -0.2) is 33.0 Å².